The molecule has 0 radical (unpaired) electrons. The van der Waals surface area contributed by atoms with Crippen LogP contribution in [-0.2, 0) is 11.3 Å². The Labute approximate surface area is 121 Å². The summed E-state index contributed by atoms with van der Waals surface area (Å²) in [6.45, 7) is 5.59. The van der Waals surface area contributed by atoms with E-state index in [1.54, 1.807) is 18.5 Å². The van der Waals surface area contributed by atoms with E-state index >= 15 is 0 Å². The van der Waals surface area contributed by atoms with Crippen LogP contribution in [0.4, 0.5) is 9.18 Å². The minimum Gasteiger partial charge on any atom is -0.445 e. The van der Waals surface area contributed by atoms with Crippen molar-refractivity contribution in [3.05, 3.63) is 42.2 Å². The number of rotatable bonds is 3. The summed E-state index contributed by atoms with van der Waals surface area (Å²) in [5.74, 6) is -0.441. The number of carbonyl (C=O) groups is 1. The highest BCUT2D eigenvalue weighted by Crippen LogP contribution is 2.14. The second-order valence-electron chi connectivity index (χ2n) is 5.56. The van der Waals surface area contributed by atoms with Gasteiger partial charge in [-0.3, -0.25) is 4.98 Å². The first-order valence-corrected chi connectivity index (χ1v) is 6.43. The molecule has 0 fully saturated rings. The lowest BCUT2D eigenvalue weighted by Gasteiger charge is -2.20. The van der Waals surface area contributed by atoms with E-state index in [2.05, 4.69) is 15.4 Å². The summed E-state index contributed by atoms with van der Waals surface area (Å²) in [6.07, 6.45) is 4.95. The van der Waals surface area contributed by atoms with E-state index in [-0.39, 0.29) is 12.1 Å². The van der Waals surface area contributed by atoms with Crippen LogP contribution < -0.4 is 5.32 Å². The Kier molecular flexibility index (Phi) is 4.21. The predicted molar refractivity (Wildman–Crippen MR) is 74.4 cm³/mol. The minimum absolute atomic E-state index is 0.0204. The molecular weight excluding hydrogens is 275 g/mol. The topological polar surface area (TPSA) is 69.0 Å². The molecule has 0 aliphatic heterocycles. The van der Waals surface area contributed by atoms with Crippen LogP contribution in [0.25, 0.3) is 5.69 Å². The Morgan fingerprint density at radius 2 is 2.19 bits per heavy atom. The molecule has 0 unspecified atom stereocenters. The lowest BCUT2D eigenvalue weighted by molar-refractivity contribution is 0.131. The maximum atomic E-state index is 13.1. The second kappa shape index (κ2) is 5.90. The standard InChI is InChI=1S/C14H17FN4O2/c1-14(2,3)18-13(20)21-9-10-6-16-5-4-12(10)19-8-11(15)7-17-19/h4-8H,9H2,1-3H3,(H,18,20). The van der Waals surface area contributed by atoms with Crippen LogP contribution in [0, 0.1) is 5.82 Å². The van der Waals surface area contributed by atoms with E-state index in [0.29, 0.717) is 11.3 Å². The maximum Gasteiger partial charge on any atom is 0.407 e. The predicted octanol–water partition coefficient (Wildman–Crippen LogP) is 2.43. The van der Waals surface area contributed by atoms with Crippen molar-refractivity contribution >= 4 is 6.09 Å². The molecule has 0 spiro atoms. The summed E-state index contributed by atoms with van der Waals surface area (Å²) in [5, 5.41) is 6.58. The maximum absolute atomic E-state index is 13.1. The van der Waals surface area contributed by atoms with Crippen LogP contribution >= 0.6 is 0 Å². The Hall–Kier alpha value is -2.44. The van der Waals surface area contributed by atoms with Gasteiger partial charge in [-0.25, -0.2) is 13.9 Å². The Balaban J connectivity index is 2.09. The van der Waals surface area contributed by atoms with Gasteiger partial charge in [0.15, 0.2) is 5.82 Å². The molecule has 1 amide bonds. The third-order valence-electron chi connectivity index (χ3n) is 2.51. The van der Waals surface area contributed by atoms with E-state index in [4.69, 9.17) is 4.74 Å². The van der Waals surface area contributed by atoms with Gasteiger partial charge in [0, 0.05) is 23.5 Å². The highest BCUT2D eigenvalue weighted by Gasteiger charge is 2.15. The van der Waals surface area contributed by atoms with Crippen LogP contribution in [0.5, 0.6) is 0 Å². The van der Waals surface area contributed by atoms with Crippen molar-refractivity contribution in [2.24, 2.45) is 0 Å². The van der Waals surface area contributed by atoms with Crippen molar-refractivity contribution in [3.63, 3.8) is 0 Å². The van der Waals surface area contributed by atoms with Crippen molar-refractivity contribution in [3.8, 4) is 5.69 Å². The van der Waals surface area contributed by atoms with Crippen LogP contribution in [0.2, 0.25) is 0 Å². The molecule has 0 aliphatic rings. The minimum atomic E-state index is -0.524. The zero-order valence-electron chi connectivity index (χ0n) is 12.1. The molecule has 6 nitrogen and oxygen atoms in total. The van der Waals surface area contributed by atoms with Crippen molar-refractivity contribution in [1.82, 2.24) is 20.1 Å². The van der Waals surface area contributed by atoms with E-state index in [1.165, 1.54) is 10.9 Å². The molecule has 0 saturated heterocycles. The lowest BCUT2D eigenvalue weighted by Crippen LogP contribution is -2.40. The molecule has 0 bridgehead atoms. The summed E-state index contributed by atoms with van der Waals surface area (Å²) in [6, 6.07) is 1.67. The summed E-state index contributed by atoms with van der Waals surface area (Å²) in [4.78, 5) is 15.6. The number of nitrogens with one attached hydrogen (secondary N) is 1. The van der Waals surface area contributed by atoms with Crippen molar-refractivity contribution in [2.45, 2.75) is 32.9 Å². The van der Waals surface area contributed by atoms with E-state index in [0.717, 1.165) is 6.20 Å². The molecule has 2 heterocycles. The van der Waals surface area contributed by atoms with Crippen molar-refractivity contribution in [2.75, 3.05) is 0 Å². The summed E-state index contributed by atoms with van der Waals surface area (Å²) >= 11 is 0. The van der Waals surface area contributed by atoms with Gasteiger partial charge >= 0.3 is 6.09 Å². The molecule has 0 aliphatic carbocycles. The third-order valence-corrected chi connectivity index (χ3v) is 2.51. The smallest absolute Gasteiger partial charge is 0.407 e. The fraction of sp³-hybridized carbons (Fsp3) is 0.357. The van der Waals surface area contributed by atoms with Gasteiger partial charge in [-0.15, -0.1) is 0 Å². The SMILES string of the molecule is CC(C)(C)NC(=O)OCc1cnccc1-n1cc(F)cn1. The molecule has 2 aromatic heterocycles. The lowest BCUT2D eigenvalue weighted by atomic mass is 10.1. The van der Waals surface area contributed by atoms with Crippen LogP contribution in [0.3, 0.4) is 0 Å². The van der Waals surface area contributed by atoms with Gasteiger partial charge in [0.1, 0.15) is 6.61 Å². The van der Waals surface area contributed by atoms with Gasteiger partial charge in [0.05, 0.1) is 18.1 Å². The van der Waals surface area contributed by atoms with Crippen LogP contribution in [0.15, 0.2) is 30.9 Å². The number of hydrogen-bond donors (Lipinski definition) is 1. The highest BCUT2D eigenvalue weighted by molar-refractivity contribution is 5.68. The molecule has 0 saturated carbocycles. The average molecular weight is 292 g/mol. The number of carbonyl (C=O) groups excluding carboxylic acids is 1. The first kappa shape index (κ1) is 15.0. The second-order valence-corrected chi connectivity index (χ2v) is 5.56. The number of halogens is 1. The summed E-state index contributed by atoms with van der Waals surface area (Å²) in [7, 11) is 0. The Bertz CT molecular complexity index is 634. The number of nitrogens with zero attached hydrogens (tertiary/aromatic N) is 3. The first-order chi connectivity index (χ1) is 9.85. The monoisotopic (exact) mass is 292 g/mol. The largest absolute Gasteiger partial charge is 0.445 e. The van der Waals surface area contributed by atoms with Gasteiger partial charge in [-0.05, 0) is 26.8 Å². The molecule has 112 valence electrons. The number of pyridine rings is 1. The summed E-state index contributed by atoms with van der Waals surface area (Å²) in [5.41, 5.74) is 0.863. The quantitative estimate of drug-likeness (QED) is 0.943. The normalized spacial score (nSPS) is 11.2. The number of amides is 1. The van der Waals surface area contributed by atoms with Gasteiger partial charge in [-0.2, -0.15) is 5.10 Å². The number of alkyl carbamates (subject to hydrolysis) is 1. The van der Waals surface area contributed by atoms with Crippen molar-refractivity contribution < 1.29 is 13.9 Å². The fourth-order valence-electron chi connectivity index (χ4n) is 1.67. The van der Waals surface area contributed by atoms with Gasteiger partial charge < -0.3 is 10.1 Å². The molecule has 0 atom stereocenters. The molecule has 0 aromatic carbocycles. The number of ether oxygens (including phenoxy) is 1. The first-order valence-electron chi connectivity index (χ1n) is 6.43. The highest BCUT2D eigenvalue weighted by atomic mass is 19.1. The Morgan fingerprint density at radius 3 is 2.81 bits per heavy atom. The van der Waals surface area contributed by atoms with Crippen LogP contribution in [-0.4, -0.2) is 26.4 Å². The fourth-order valence-corrected chi connectivity index (χ4v) is 1.67. The molecule has 1 N–H and O–H groups in total. The molecular formula is C14H17FN4O2. The zero-order chi connectivity index (χ0) is 15.5. The molecule has 2 aromatic rings. The number of aromatic nitrogens is 3. The van der Waals surface area contributed by atoms with Crippen molar-refractivity contribution in [1.29, 1.82) is 0 Å². The Morgan fingerprint density at radius 1 is 1.43 bits per heavy atom. The molecule has 21 heavy (non-hydrogen) atoms. The van der Waals surface area contributed by atoms with Gasteiger partial charge in [0.25, 0.3) is 0 Å². The summed E-state index contributed by atoms with van der Waals surface area (Å²) < 4.78 is 19.6. The van der Waals surface area contributed by atoms with Crippen LogP contribution in [0.1, 0.15) is 26.3 Å². The third kappa shape index (κ3) is 4.27. The zero-order valence-corrected chi connectivity index (χ0v) is 12.1. The molecule has 2 rings (SSSR count). The van der Waals surface area contributed by atoms with E-state index in [9.17, 15) is 9.18 Å². The van der Waals surface area contributed by atoms with E-state index < -0.39 is 11.9 Å². The van der Waals surface area contributed by atoms with Gasteiger partial charge in [-0.1, -0.05) is 0 Å². The number of hydrogen-bond acceptors (Lipinski definition) is 4. The molecule has 7 heteroatoms. The van der Waals surface area contributed by atoms with E-state index in [1.807, 2.05) is 20.8 Å². The van der Waals surface area contributed by atoms with Gasteiger partial charge in [0.2, 0.25) is 0 Å². The average Bonchev–Trinajstić information content (AvgIpc) is 2.81.